The Morgan fingerprint density at radius 1 is 0.900 bits per heavy atom. The third-order valence-electron chi connectivity index (χ3n) is 1.21. The molecule has 0 aromatic carbocycles. The van der Waals surface area contributed by atoms with Gasteiger partial charge in [0.05, 0.1) is 0 Å². The van der Waals surface area contributed by atoms with Crippen LogP contribution in [0, 0.1) is 0 Å². The topological polar surface area (TPSA) is 43.5 Å². The highest BCUT2D eigenvalue weighted by molar-refractivity contribution is 5.85. The summed E-state index contributed by atoms with van der Waals surface area (Å²) in [6.07, 6.45) is 4.22. The summed E-state index contributed by atoms with van der Waals surface area (Å²) in [7, 11) is 0. The normalized spacial score (nSPS) is 15.0. The molecule has 1 saturated heterocycles. The predicted molar refractivity (Wildman–Crippen MR) is 48.9 cm³/mol. The summed E-state index contributed by atoms with van der Waals surface area (Å²) in [5, 5.41) is 3.28. The van der Waals surface area contributed by atoms with Crippen molar-refractivity contribution in [2.75, 3.05) is 13.1 Å². The van der Waals surface area contributed by atoms with Crippen molar-refractivity contribution in [1.82, 2.24) is 5.32 Å². The van der Waals surface area contributed by atoms with Gasteiger partial charge in [-0.2, -0.15) is 0 Å². The predicted octanol–water partition coefficient (Wildman–Crippen LogP) is 1.38. The first-order valence-corrected chi connectivity index (χ1v) is 3.71. The van der Waals surface area contributed by atoms with Crippen molar-refractivity contribution in [3.63, 3.8) is 0 Å². The molecule has 10 heavy (non-hydrogen) atoms. The van der Waals surface area contributed by atoms with E-state index >= 15 is 0 Å². The van der Waals surface area contributed by atoms with Gasteiger partial charge in [-0.25, -0.2) is 0 Å². The standard InChI is InChI=1S/C5H11N.C2H6.ClH.H2O/c1-2-4-6-5-3-1;1-2;;/h6H,1-5H2;1-2H3;1H;1H2. The van der Waals surface area contributed by atoms with E-state index in [1.165, 1.54) is 32.4 Å². The lowest BCUT2D eigenvalue weighted by molar-refractivity contribution is 0.520. The second-order valence-electron chi connectivity index (χ2n) is 1.81. The first-order chi connectivity index (χ1) is 4.00. The largest absolute Gasteiger partial charge is 0.412 e. The van der Waals surface area contributed by atoms with Crippen LogP contribution in [0.5, 0.6) is 0 Å². The molecule has 0 bridgehead atoms. The molecule has 0 aromatic heterocycles. The zero-order valence-corrected chi connectivity index (χ0v) is 7.76. The smallest absolute Gasteiger partial charge is 0.00489 e. The molecule has 1 aliphatic rings. The number of halogens is 1. The van der Waals surface area contributed by atoms with Crippen LogP contribution in [0.4, 0.5) is 0 Å². The second-order valence-corrected chi connectivity index (χ2v) is 1.81. The summed E-state index contributed by atoms with van der Waals surface area (Å²) in [6.45, 7) is 6.50. The maximum atomic E-state index is 3.28. The highest BCUT2D eigenvalue weighted by Gasteiger charge is 1.93. The Bertz CT molecular complexity index is 29.1. The Labute approximate surface area is 70.1 Å². The Hall–Kier alpha value is 0.210. The van der Waals surface area contributed by atoms with Crippen LogP contribution in [0.15, 0.2) is 0 Å². The minimum Gasteiger partial charge on any atom is -0.412 e. The minimum atomic E-state index is 0. The zero-order valence-electron chi connectivity index (χ0n) is 6.94. The van der Waals surface area contributed by atoms with Crippen LogP contribution in [0.25, 0.3) is 0 Å². The summed E-state index contributed by atoms with van der Waals surface area (Å²) in [6, 6.07) is 0. The van der Waals surface area contributed by atoms with Crippen molar-refractivity contribution in [3.05, 3.63) is 0 Å². The molecule has 1 heterocycles. The van der Waals surface area contributed by atoms with E-state index in [0.717, 1.165) is 0 Å². The average molecular weight is 170 g/mol. The molecule has 0 saturated carbocycles. The first-order valence-electron chi connectivity index (χ1n) is 3.71. The van der Waals surface area contributed by atoms with E-state index in [0.29, 0.717) is 0 Å². The van der Waals surface area contributed by atoms with Crippen LogP contribution in [0.1, 0.15) is 33.1 Å². The first kappa shape index (κ1) is 16.7. The molecular weight excluding hydrogens is 150 g/mol. The van der Waals surface area contributed by atoms with Gasteiger partial charge in [-0.15, -0.1) is 12.4 Å². The molecule has 0 spiro atoms. The lowest BCUT2D eigenvalue weighted by Gasteiger charge is -2.08. The SMILES string of the molecule is C1CCNCC1.CC.Cl.O. The van der Waals surface area contributed by atoms with E-state index in [-0.39, 0.29) is 17.9 Å². The molecule has 0 radical (unpaired) electrons. The number of rotatable bonds is 0. The molecular formula is C7H20ClNO. The Morgan fingerprint density at radius 3 is 1.40 bits per heavy atom. The average Bonchev–Trinajstić information content (AvgIpc) is 1.96. The third kappa shape index (κ3) is 11.1. The monoisotopic (exact) mass is 169 g/mol. The van der Waals surface area contributed by atoms with Gasteiger partial charge in [-0.1, -0.05) is 20.3 Å². The summed E-state index contributed by atoms with van der Waals surface area (Å²) in [5.41, 5.74) is 0. The van der Waals surface area contributed by atoms with E-state index in [4.69, 9.17) is 0 Å². The summed E-state index contributed by atoms with van der Waals surface area (Å²) in [4.78, 5) is 0. The number of piperidine rings is 1. The molecule has 0 aromatic rings. The van der Waals surface area contributed by atoms with E-state index in [2.05, 4.69) is 5.32 Å². The van der Waals surface area contributed by atoms with Gasteiger partial charge in [0.2, 0.25) is 0 Å². The van der Waals surface area contributed by atoms with Gasteiger partial charge < -0.3 is 10.8 Å². The van der Waals surface area contributed by atoms with E-state index in [9.17, 15) is 0 Å². The van der Waals surface area contributed by atoms with E-state index < -0.39 is 0 Å². The second kappa shape index (κ2) is 16.1. The zero-order chi connectivity index (χ0) is 6.24. The van der Waals surface area contributed by atoms with Crippen LogP contribution in [-0.4, -0.2) is 18.6 Å². The fourth-order valence-electron chi connectivity index (χ4n) is 0.802. The number of nitrogens with one attached hydrogen (secondary N) is 1. The van der Waals surface area contributed by atoms with Gasteiger partial charge in [0, 0.05) is 0 Å². The van der Waals surface area contributed by atoms with Crippen molar-refractivity contribution in [3.8, 4) is 0 Å². The molecule has 0 atom stereocenters. The van der Waals surface area contributed by atoms with Gasteiger partial charge >= 0.3 is 0 Å². The molecule has 1 fully saturated rings. The molecule has 1 rings (SSSR count). The molecule has 1 aliphatic heterocycles. The van der Waals surface area contributed by atoms with Crippen LogP contribution < -0.4 is 5.32 Å². The van der Waals surface area contributed by atoms with Crippen molar-refractivity contribution < 1.29 is 5.48 Å². The molecule has 2 nitrogen and oxygen atoms in total. The Morgan fingerprint density at radius 2 is 1.30 bits per heavy atom. The lowest BCUT2D eigenvalue weighted by atomic mass is 10.2. The molecule has 0 amide bonds. The minimum absolute atomic E-state index is 0. The fraction of sp³-hybridized carbons (Fsp3) is 1.00. The van der Waals surface area contributed by atoms with Crippen LogP contribution in [0.2, 0.25) is 0 Å². The van der Waals surface area contributed by atoms with Crippen molar-refractivity contribution in [2.45, 2.75) is 33.1 Å². The van der Waals surface area contributed by atoms with Crippen LogP contribution >= 0.6 is 12.4 Å². The van der Waals surface area contributed by atoms with Gasteiger partial charge in [-0.05, 0) is 25.9 Å². The van der Waals surface area contributed by atoms with Gasteiger partial charge in [-0.3, -0.25) is 0 Å². The molecule has 3 heteroatoms. The summed E-state index contributed by atoms with van der Waals surface area (Å²) >= 11 is 0. The number of hydrogen-bond donors (Lipinski definition) is 1. The van der Waals surface area contributed by atoms with Crippen LogP contribution in [-0.2, 0) is 0 Å². The van der Waals surface area contributed by atoms with Gasteiger partial charge in [0.15, 0.2) is 0 Å². The molecule has 3 N–H and O–H groups in total. The third-order valence-corrected chi connectivity index (χ3v) is 1.21. The summed E-state index contributed by atoms with van der Waals surface area (Å²) < 4.78 is 0. The quantitative estimate of drug-likeness (QED) is 0.585. The summed E-state index contributed by atoms with van der Waals surface area (Å²) in [5.74, 6) is 0. The van der Waals surface area contributed by atoms with Gasteiger partial charge in [0.1, 0.15) is 0 Å². The highest BCUT2D eigenvalue weighted by Crippen LogP contribution is 1.96. The molecule has 66 valence electrons. The van der Waals surface area contributed by atoms with Crippen LogP contribution in [0.3, 0.4) is 0 Å². The Balaban J connectivity index is -0.000000114. The highest BCUT2D eigenvalue weighted by atomic mass is 35.5. The maximum Gasteiger partial charge on any atom is -0.00489 e. The van der Waals surface area contributed by atoms with E-state index in [1.54, 1.807) is 0 Å². The van der Waals surface area contributed by atoms with Gasteiger partial charge in [0.25, 0.3) is 0 Å². The molecule has 0 aliphatic carbocycles. The van der Waals surface area contributed by atoms with E-state index in [1.807, 2.05) is 13.8 Å². The van der Waals surface area contributed by atoms with Crippen molar-refractivity contribution in [1.29, 1.82) is 0 Å². The maximum absolute atomic E-state index is 3.28. The number of hydrogen-bond acceptors (Lipinski definition) is 1. The lowest BCUT2D eigenvalue weighted by Crippen LogP contribution is -2.21. The Kier molecular flexibility index (Phi) is 26.8. The van der Waals surface area contributed by atoms with Crippen molar-refractivity contribution >= 4 is 12.4 Å². The van der Waals surface area contributed by atoms with Crippen molar-refractivity contribution in [2.24, 2.45) is 0 Å². The fourth-order valence-corrected chi connectivity index (χ4v) is 0.802. The molecule has 0 unspecified atom stereocenters.